The van der Waals surface area contributed by atoms with Gasteiger partial charge in [-0.25, -0.2) is 9.97 Å². The number of hydrogen-bond acceptors (Lipinski definition) is 6. The van der Waals surface area contributed by atoms with E-state index < -0.39 is 12.0 Å². The third-order valence-electron chi connectivity index (χ3n) is 3.71. The summed E-state index contributed by atoms with van der Waals surface area (Å²) in [7, 11) is 0. The molecule has 0 bridgehead atoms. The van der Waals surface area contributed by atoms with Crippen LogP contribution in [0.1, 0.15) is 30.1 Å². The standard InChI is InChI=1S/C17H20N4O2S/c1-10-7-15(11-5-6-11)21-17(19-10)20-12-3-2-4-13(8-12)24-9-14(18)16(22)23/h2-4,7-8,11,14H,5-6,9,18H2,1H3,(H,22,23)(H,19,20,21). The van der Waals surface area contributed by atoms with Crippen molar-refractivity contribution in [3.05, 3.63) is 41.7 Å². The maximum absolute atomic E-state index is 10.8. The van der Waals surface area contributed by atoms with Crippen LogP contribution in [0.15, 0.2) is 35.2 Å². The molecular weight excluding hydrogens is 324 g/mol. The Labute approximate surface area is 144 Å². The molecule has 6 nitrogen and oxygen atoms in total. The summed E-state index contributed by atoms with van der Waals surface area (Å²) in [6, 6.07) is 8.90. The third kappa shape index (κ3) is 4.46. The van der Waals surface area contributed by atoms with E-state index in [0.717, 1.165) is 22.0 Å². The van der Waals surface area contributed by atoms with E-state index in [1.54, 1.807) is 0 Å². The van der Waals surface area contributed by atoms with Gasteiger partial charge in [0.2, 0.25) is 5.95 Å². The Balaban J connectivity index is 1.69. The molecule has 1 aromatic heterocycles. The molecule has 1 saturated carbocycles. The van der Waals surface area contributed by atoms with Crippen LogP contribution in [0.3, 0.4) is 0 Å². The van der Waals surface area contributed by atoms with Crippen molar-refractivity contribution < 1.29 is 9.90 Å². The second-order valence-electron chi connectivity index (χ2n) is 5.94. The fourth-order valence-electron chi connectivity index (χ4n) is 2.29. The van der Waals surface area contributed by atoms with Crippen LogP contribution in [0.4, 0.5) is 11.6 Å². The van der Waals surface area contributed by atoms with Gasteiger partial charge in [-0.05, 0) is 44.0 Å². The highest BCUT2D eigenvalue weighted by molar-refractivity contribution is 7.99. The fraction of sp³-hybridized carbons (Fsp3) is 0.353. The van der Waals surface area contributed by atoms with Crippen molar-refractivity contribution in [1.29, 1.82) is 0 Å². The summed E-state index contributed by atoms with van der Waals surface area (Å²) in [6.45, 7) is 1.97. The summed E-state index contributed by atoms with van der Waals surface area (Å²) in [5, 5.41) is 12.1. The summed E-state index contributed by atoms with van der Waals surface area (Å²) in [4.78, 5) is 20.8. The molecule has 1 unspecified atom stereocenters. The number of nitrogens with two attached hydrogens (primary N) is 1. The molecule has 1 aromatic carbocycles. The maximum Gasteiger partial charge on any atom is 0.321 e. The van der Waals surface area contributed by atoms with Crippen molar-refractivity contribution in [3.63, 3.8) is 0 Å². The van der Waals surface area contributed by atoms with Crippen LogP contribution < -0.4 is 11.1 Å². The van der Waals surface area contributed by atoms with Crippen molar-refractivity contribution in [2.75, 3.05) is 11.1 Å². The second-order valence-corrected chi connectivity index (χ2v) is 7.03. The zero-order valence-electron chi connectivity index (χ0n) is 13.4. The van der Waals surface area contributed by atoms with Crippen LogP contribution in [0.5, 0.6) is 0 Å². The Morgan fingerprint density at radius 1 is 1.42 bits per heavy atom. The summed E-state index contributed by atoms with van der Waals surface area (Å²) < 4.78 is 0. The lowest BCUT2D eigenvalue weighted by molar-refractivity contribution is -0.137. The number of carbonyl (C=O) groups is 1. The molecule has 126 valence electrons. The molecule has 7 heteroatoms. The highest BCUT2D eigenvalue weighted by Gasteiger charge is 2.25. The van der Waals surface area contributed by atoms with Gasteiger partial charge < -0.3 is 16.2 Å². The number of nitrogens with one attached hydrogen (secondary N) is 1. The van der Waals surface area contributed by atoms with Crippen LogP contribution in [0.25, 0.3) is 0 Å². The van der Waals surface area contributed by atoms with Crippen LogP contribution in [0.2, 0.25) is 0 Å². The molecule has 24 heavy (non-hydrogen) atoms. The Bertz CT molecular complexity index is 749. The van der Waals surface area contributed by atoms with Gasteiger partial charge in [0, 0.05) is 33.6 Å². The molecule has 0 aliphatic heterocycles. The lowest BCUT2D eigenvalue weighted by atomic mass is 10.2. The number of carboxylic acid groups (broad SMARTS) is 1. The summed E-state index contributed by atoms with van der Waals surface area (Å²) in [6.07, 6.45) is 2.40. The molecular formula is C17H20N4O2S. The predicted molar refractivity (Wildman–Crippen MR) is 94.8 cm³/mol. The SMILES string of the molecule is Cc1cc(C2CC2)nc(Nc2cccc(SCC(N)C(=O)O)c2)n1. The first kappa shape index (κ1) is 16.7. The topological polar surface area (TPSA) is 101 Å². The lowest BCUT2D eigenvalue weighted by Crippen LogP contribution is -2.32. The Morgan fingerprint density at radius 2 is 2.21 bits per heavy atom. The number of rotatable bonds is 7. The molecule has 1 aliphatic carbocycles. The fourth-order valence-corrected chi connectivity index (χ4v) is 3.19. The van der Waals surface area contributed by atoms with Gasteiger partial charge >= 0.3 is 5.97 Å². The van der Waals surface area contributed by atoms with Gasteiger partial charge in [0.25, 0.3) is 0 Å². The second kappa shape index (κ2) is 7.19. The lowest BCUT2D eigenvalue weighted by Gasteiger charge is -2.10. The normalized spacial score (nSPS) is 15.1. The minimum absolute atomic E-state index is 0.325. The van der Waals surface area contributed by atoms with E-state index in [4.69, 9.17) is 10.8 Å². The van der Waals surface area contributed by atoms with Crippen molar-refractivity contribution >= 4 is 29.4 Å². The number of aryl methyl sites for hydroxylation is 1. The van der Waals surface area contributed by atoms with Crippen LogP contribution in [-0.4, -0.2) is 32.8 Å². The third-order valence-corrected chi connectivity index (χ3v) is 4.82. The molecule has 3 rings (SSSR count). The van der Waals surface area contributed by atoms with E-state index in [1.165, 1.54) is 24.6 Å². The van der Waals surface area contributed by atoms with E-state index in [0.29, 0.717) is 17.6 Å². The average Bonchev–Trinajstić information content (AvgIpc) is 3.37. The zero-order chi connectivity index (χ0) is 17.1. The van der Waals surface area contributed by atoms with Crippen LogP contribution in [0, 0.1) is 6.92 Å². The Morgan fingerprint density at radius 3 is 2.92 bits per heavy atom. The molecule has 0 saturated heterocycles. The molecule has 1 aliphatic rings. The zero-order valence-corrected chi connectivity index (χ0v) is 14.2. The quantitative estimate of drug-likeness (QED) is 0.664. The van der Waals surface area contributed by atoms with Crippen LogP contribution >= 0.6 is 11.8 Å². The van der Waals surface area contributed by atoms with E-state index in [-0.39, 0.29) is 0 Å². The first-order chi connectivity index (χ1) is 11.5. The smallest absolute Gasteiger partial charge is 0.321 e. The van der Waals surface area contributed by atoms with Crippen molar-refractivity contribution in [2.45, 2.75) is 36.6 Å². The van der Waals surface area contributed by atoms with Gasteiger partial charge in [-0.15, -0.1) is 11.8 Å². The van der Waals surface area contributed by atoms with E-state index >= 15 is 0 Å². The number of carboxylic acids is 1. The van der Waals surface area contributed by atoms with Crippen molar-refractivity contribution in [3.8, 4) is 0 Å². The molecule has 0 radical (unpaired) electrons. The molecule has 2 aromatic rings. The largest absolute Gasteiger partial charge is 0.480 e. The Kier molecular flexibility index (Phi) is 5.01. The first-order valence-corrected chi connectivity index (χ1v) is 8.83. The summed E-state index contributed by atoms with van der Waals surface area (Å²) >= 11 is 1.42. The van der Waals surface area contributed by atoms with Gasteiger partial charge in [0.15, 0.2) is 0 Å². The Hall–Kier alpha value is -2.12. The summed E-state index contributed by atoms with van der Waals surface area (Å²) in [5.74, 6) is 0.511. The predicted octanol–water partition coefficient (Wildman–Crippen LogP) is 2.91. The maximum atomic E-state index is 10.8. The van der Waals surface area contributed by atoms with Gasteiger partial charge in [0.05, 0.1) is 0 Å². The number of hydrogen-bond donors (Lipinski definition) is 3. The average molecular weight is 344 g/mol. The molecule has 4 N–H and O–H groups in total. The monoisotopic (exact) mass is 344 g/mol. The number of aromatic nitrogens is 2. The van der Waals surface area contributed by atoms with E-state index in [2.05, 4.69) is 15.3 Å². The van der Waals surface area contributed by atoms with Gasteiger partial charge in [0.1, 0.15) is 6.04 Å². The van der Waals surface area contributed by atoms with Crippen LogP contribution in [-0.2, 0) is 4.79 Å². The molecule has 0 spiro atoms. The molecule has 1 atom stereocenters. The number of aliphatic carboxylic acids is 1. The van der Waals surface area contributed by atoms with E-state index in [1.807, 2.05) is 37.3 Å². The minimum Gasteiger partial charge on any atom is -0.480 e. The van der Waals surface area contributed by atoms with Gasteiger partial charge in [-0.1, -0.05) is 6.07 Å². The minimum atomic E-state index is -0.988. The summed E-state index contributed by atoms with van der Waals surface area (Å²) in [5.41, 5.74) is 8.46. The molecule has 1 fully saturated rings. The molecule has 0 amide bonds. The van der Waals surface area contributed by atoms with Gasteiger partial charge in [-0.3, -0.25) is 4.79 Å². The number of nitrogens with zero attached hydrogens (tertiary/aromatic N) is 2. The number of thioether (sulfide) groups is 1. The molecule has 1 heterocycles. The first-order valence-electron chi connectivity index (χ1n) is 7.85. The number of benzene rings is 1. The van der Waals surface area contributed by atoms with Crippen molar-refractivity contribution in [1.82, 2.24) is 9.97 Å². The van der Waals surface area contributed by atoms with Crippen molar-refractivity contribution in [2.24, 2.45) is 5.73 Å². The van der Waals surface area contributed by atoms with E-state index in [9.17, 15) is 4.79 Å². The highest BCUT2D eigenvalue weighted by Crippen LogP contribution is 2.39. The number of anilines is 2. The van der Waals surface area contributed by atoms with Gasteiger partial charge in [-0.2, -0.15) is 0 Å². The highest BCUT2D eigenvalue weighted by atomic mass is 32.2.